The van der Waals surface area contributed by atoms with Crippen molar-refractivity contribution in [3.63, 3.8) is 0 Å². The molecule has 0 atom stereocenters. The van der Waals surface area contributed by atoms with Crippen LogP contribution in [0.15, 0.2) is 57.4 Å². The van der Waals surface area contributed by atoms with Crippen molar-refractivity contribution in [3.8, 4) is 0 Å². The Balaban J connectivity index is 1.73. The minimum Gasteiger partial charge on any atom is -0.379 e. The highest BCUT2D eigenvalue weighted by atomic mass is 79.9. The molecule has 22 heavy (non-hydrogen) atoms. The van der Waals surface area contributed by atoms with Crippen molar-refractivity contribution in [1.29, 1.82) is 0 Å². The van der Waals surface area contributed by atoms with Crippen molar-refractivity contribution in [3.05, 3.63) is 56.7 Å². The van der Waals surface area contributed by atoms with Crippen molar-refractivity contribution in [1.82, 2.24) is 15.0 Å². The average Bonchev–Trinajstić information content (AvgIpc) is 2.94. The van der Waals surface area contributed by atoms with Gasteiger partial charge in [-0.3, -0.25) is 0 Å². The monoisotopic (exact) mass is 412 g/mol. The summed E-state index contributed by atoms with van der Waals surface area (Å²) < 4.78 is 1.42. The molecule has 2 heterocycles. The summed E-state index contributed by atoms with van der Waals surface area (Å²) in [4.78, 5) is 14.8. The average molecular weight is 414 g/mol. The van der Waals surface area contributed by atoms with Crippen LogP contribution in [0.25, 0.3) is 0 Å². The lowest BCUT2D eigenvalue weighted by molar-refractivity contribution is 0.958. The maximum atomic E-state index is 5.85. The summed E-state index contributed by atoms with van der Waals surface area (Å²) in [5.41, 5.74) is 1.03. The van der Waals surface area contributed by atoms with E-state index < -0.39 is 0 Å². The molecule has 0 aliphatic rings. The standard InChI is InChI=1S/C14H10BrClN4S2/c15-9-5-19-14(20-6-9)22-12-4-2-1-3-11(12)17-7-10-8-18-13(16)21-10/h1-6,8,17H,7H2. The van der Waals surface area contributed by atoms with Gasteiger partial charge in [0, 0.05) is 34.1 Å². The first-order chi connectivity index (χ1) is 10.7. The smallest absolute Gasteiger partial charge is 0.192 e. The number of nitrogens with one attached hydrogen (secondary N) is 1. The van der Waals surface area contributed by atoms with Crippen LogP contribution in [0.4, 0.5) is 5.69 Å². The second-order valence-electron chi connectivity index (χ2n) is 4.22. The molecule has 1 N–H and O–H groups in total. The van der Waals surface area contributed by atoms with Gasteiger partial charge in [0.1, 0.15) is 0 Å². The molecule has 3 aromatic rings. The third-order valence-corrected chi connectivity index (χ3v) is 5.16. The predicted octanol–water partition coefficient (Wildman–Crippen LogP) is 5.11. The largest absolute Gasteiger partial charge is 0.379 e. The predicted molar refractivity (Wildman–Crippen MR) is 94.7 cm³/mol. The van der Waals surface area contributed by atoms with E-state index in [4.69, 9.17) is 11.6 Å². The number of halogens is 2. The highest BCUT2D eigenvalue weighted by molar-refractivity contribution is 9.10. The number of para-hydroxylation sites is 1. The van der Waals surface area contributed by atoms with E-state index in [1.807, 2.05) is 24.3 Å². The molecule has 2 aromatic heterocycles. The van der Waals surface area contributed by atoms with Crippen molar-refractivity contribution in [2.24, 2.45) is 0 Å². The van der Waals surface area contributed by atoms with Gasteiger partial charge in [-0.15, -0.1) is 11.3 Å². The van der Waals surface area contributed by atoms with Crippen LogP contribution in [-0.4, -0.2) is 15.0 Å². The molecule has 0 amide bonds. The quantitative estimate of drug-likeness (QED) is 0.589. The lowest BCUT2D eigenvalue weighted by Crippen LogP contribution is -1.99. The molecule has 3 rings (SSSR count). The van der Waals surface area contributed by atoms with Gasteiger partial charge in [0.2, 0.25) is 0 Å². The Morgan fingerprint density at radius 1 is 1.14 bits per heavy atom. The zero-order chi connectivity index (χ0) is 15.4. The van der Waals surface area contributed by atoms with Gasteiger partial charge >= 0.3 is 0 Å². The Bertz CT molecular complexity index is 764. The van der Waals surface area contributed by atoms with Crippen molar-refractivity contribution in [2.45, 2.75) is 16.6 Å². The summed E-state index contributed by atoms with van der Waals surface area (Å²) in [5.74, 6) is 0. The molecule has 112 valence electrons. The fourth-order valence-corrected chi connectivity index (χ4v) is 3.63. The van der Waals surface area contributed by atoms with Gasteiger partial charge in [0.05, 0.1) is 11.0 Å². The molecular formula is C14H10BrClN4S2. The fraction of sp³-hybridized carbons (Fsp3) is 0.0714. The molecule has 1 aromatic carbocycles. The summed E-state index contributed by atoms with van der Waals surface area (Å²) in [7, 11) is 0. The SMILES string of the molecule is Clc1ncc(CNc2ccccc2Sc2ncc(Br)cn2)s1. The van der Waals surface area contributed by atoms with Crippen molar-refractivity contribution in [2.75, 3.05) is 5.32 Å². The molecule has 0 aliphatic heterocycles. The number of benzene rings is 1. The summed E-state index contributed by atoms with van der Waals surface area (Å²) in [6.07, 6.45) is 5.27. The van der Waals surface area contributed by atoms with Crippen LogP contribution in [0.5, 0.6) is 0 Å². The summed E-state index contributed by atoms with van der Waals surface area (Å²) in [6.45, 7) is 0.684. The second-order valence-corrected chi connectivity index (χ2v) is 7.84. The maximum Gasteiger partial charge on any atom is 0.192 e. The van der Waals surface area contributed by atoms with Gasteiger partial charge in [-0.05, 0) is 39.8 Å². The summed E-state index contributed by atoms with van der Waals surface area (Å²) >= 11 is 12.2. The molecule has 8 heteroatoms. The maximum absolute atomic E-state index is 5.85. The van der Waals surface area contributed by atoms with E-state index in [2.05, 4.69) is 36.2 Å². The van der Waals surface area contributed by atoms with Crippen LogP contribution < -0.4 is 5.32 Å². The minimum absolute atomic E-state index is 0.558. The van der Waals surface area contributed by atoms with Crippen LogP contribution in [-0.2, 0) is 6.54 Å². The van der Waals surface area contributed by atoms with Crippen molar-refractivity contribution >= 4 is 56.3 Å². The zero-order valence-electron chi connectivity index (χ0n) is 11.2. The number of aromatic nitrogens is 3. The number of anilines is 1. The van der Waals surface area contributed by atoms with E-state index >= 15 is 0 Å². The lowest BCUT2D eigenvalue weighted by atomic mass is 10.3. The van der Waals surface area contributed by atoms with Crippen LogP contribution in [0, 0.1) is 0 Å². The van der Waals surface area contributed by atoms with Gasteiger partial charge < -0.3 is 5.32 Å². The summed E-state index contributed by atoms with van der Waals surface area (Å²) in [6, 6.07) is 8.06. The topological polar surface area (TPSA) is 50.7 Å². The van der Waals surface area contributed by atoms with E-state index in [1.165, 1.54) is 23.1 Å². The van der Waals surface area contributed by atoms with Crippen LogP contribution >= 0.6 is 50.6 Å². The first-order valence-electron chi connectivity index (χ1n) is 6.29. The molecular weight excluding hydrogens is 404 g/mol. The Kier molecular flexibility index (Phi) is 5.30. The van der Waals surface area contributed by atoms with Crippen LogP contribution in [0.3, 0.4) is 0 Å². The van der Waals surface area contributed by atoms with Gasteiger partial charge in [-0.25, -0.2) is 15.0 Å². The first-order valence-corrected chi connectivity index (χ1v) is 9.09. The highest BCUT2D eigenvalue weighted by Crippen LogP contribution is 2.32. The van der Waals surface area contributed by atoms with E-state index in [0.717, 1.165) is 19.9 Å². The number of hydrogen-bond donors (Lipinski definition) is 1. The number of thiazole rings is 1. The molecule has 0 bridgehead atoms. The Labute approximate surface area is 149 Å². The third-order valence-electron chi connectivity index (χ3n) is 2.66. The van der Waals surface area contributed by atoms with E-state index in [9.17, 15) is 0 Å². The third kappa shape index (κ3) is 4.19. The van der Waals surface area contributed by atoms with Gasteiger partial charge in [-0.2, -0.15) is 0 Å². The van der Waals surface area contributed by atoms with Gasteiger partial charge in [0.15, 0.2) is 9.62 Å². The molecule has 0 saturated heterocycles. The molecule has 0 fully saturated rings. The number of hydrogen-bond acceptors (Lipinski definition) is 6. The first kappa shape index (κ1) is 15.7. The normalized spacial score (nSPS) is 10.6. The van der Waals surface area contributed by atoms with Crippen LogP contribution in [0.2, 0.25) is 4.47 Å². The molecule has 0 aliphatic carbocycles. The van der Waals surface area contributed by atoms with E-state index in [0.29, 0.717) is 16.2 Å². The van der Waals surface area contributed by atoms with E-state index in [-0.39, 0.29) is 0 Å². The van der Waals surface area contributed by atoms with Gasteiger partial charge in [-0.1, -0.05) is 23.7 Å². The molecule has 0 radical (unpaired) electrons. The summed E-state index contributed by atoms with van der Waals surface area (Å²) in [5, 5.41) is 4.11. The second kappa shape index (κ2) is 7.41. The molecule has 0 unspecified atom stereocenters. The zero-order valence-corrected chi connectivity index (χ0v) is 15.1. The Hall–Kier alpha value is -1.15. The van der Waals surface area contributed by atoms with Crippen LogP contribution in [0.1, 0.15) is 4.88 Å². The number of rotatable bonds is 5. The molecule has 0 spiro atoms. The lowest BCUT2D eigenvalue weighted by Gasteiger charge is -2.10. The van der Waals surface area contributed by atoms with Gasteiger partial charge in [0.25, 0.3) is 0 Å². The van der Waals surface area contributed by atoms with Crippen molar-refractivity contribution < 1.29 is 0 Å². The number of nitrogens with zero attached hydrogens (tertiary/aromatic N) is 3. The Morgan fingerprint density at radius 2 is 1.91 bits per heavy atom. The molecule has 0 saturated carbocycles. The highest BCUT2D eigenvalue weighted by Gasteiger charge is 2.07. The molecule has 4 nitrogen and oxygen atoms in total. The fourth-order valence-electron chi connectivity index (χ4n) is 1.70. The minimum atomic E-state index is 0.558. The Morgan fingerprint density at radius 3 is 2.64 bits per heavy atom. The van der Waals surface area contributed by atoms with E-state index in [1.54, 1.807) is 18.6 Å².